The number of nitrogens with zero attached hydrogens (tertiary/aromatic N) is 4. The highest BCUT2D eigenvalue weighted by atomic mass is 19.4. The maximum atomic E-state index is 13.1. The first-order valence-corrected chi connectivity index (χ1v) is 10.8. The van der Waals surface area contributed by atoms with Gasteiger partial charge < -0.3 is 15.5 Å². The van der Waals surface area contributed by atoms with E-state index in [4.69, 9.17) is 5.73 Å². The van der Waals surface area contributed by atoms with Gasteiger partial charge in [-0.05, 0) is 43.9 Å². The Kier molecular flexibility index (Phi) is 5.90. The number of piperazine rings is 1. The summed E-state index contributed by atoms with van der Waals surface area (Å²) in [5.41, 5.74) is 5.85. The Morgan fingerprint density at radius 3 is 2.78 bits per heavy atom. The molecule has 7 nitrogen and oxygen atoms in total. The van der Waals surface area contributed by atoms with Crippen molar-refractivity contribution in [1.82, 2.24) is 14.7 Å². The van der Waals surface area contributed by atoms with Crippen molar-refractivity contribution in [2.75, 3.05) is 19.6 Å². The number of likely N-dealkylation sites (tertiary alicyclic amines) is 3. The molecule has 0 saturated carbocycles. The van der Waals surface area contributed by atoms with Gasteiger partial charge in [0.2, 0.25) is 11.8 Å². The molecule has 1 aromatic rings. The van der Waals surface area contributed by atoms with Gasteiger partial charge in [0.1, 0.15) is 6.04 Å². The van der Waals surface area contributed by atoms with Gasteiger partial charge in [-0.2, -0.15) is 18.4 Å². The zero-order valence-corrected chi connectivity index (χ0v) is 17.8. The predicted molar refractivity (Wildman–Crippen MR) is 109 cm³/mol. The van der Waals surface area contributed by atoms with E-state index < -0.39 is 35.9 Å². The van der Waals surface area contributed by atoms with E-state index in [1.807, 2.05) is 4.90 Å². The predicted octanol–water partition coefficient (Wildman–Crippen LogP) is 1.89. The third-order valence-electron chi connectivity index (χ3n) is 6.86. The van der Waals surface area contributed by atoms with E-state index in [1.54, 1.807) is 17.9 Å². The van der Waals surface area contributed by atoms with Crippen LogP contribution in [0.2, 0.25) is 0 Å². The van der Waals surface area contributed by atoms with Gasteiger partial charge in [-0.25, -0.2) is 0 Å². The SMILES string of the molecule is C[C@H](c1cccc(C(F)(F)F)c1)N1C(=O)[C@@H]2C[C@H]1CN2C[C@H](N)C(=O)N1CCC[C@H]1C#N. The summed E-state index contributed by atoms with van der Waals surface area (Å²) in [7, 11) is 0. The molecule has 5 atom stereocenters. The summed E-state index contributed by atoms with van der Waals surface area (Å²) in [6.45, 7) is 2.98. The number of amides is 2. The lowest BCUT2D eigenvalue weighted by molar-refractivity contribution is -0.141. The van der Waals surface area contributed by atoms with E-state index in [1.165, 1.54) is 11.0 Å². The summed E-state index contributed by atoms with van der Waals surface area (Å²) in [6, 6.07) is 4.87. The van der Waals surface area contributed by atoms with Gasteiger partial charge in [-0.15, -0.1) is 0 Å². The number of carbonyl (C=O) groups is 2. The van der Waals surface area contributed by atoms with Crippen LogP contribution in [-0.2, 0) is 15.8 Å². The summed E-state index contributed by atoms with van der Waals surface area (Å²) in [5, 5.41) is 9.20. The van der Waals surface area contributed by atoms with E-state index in [0.717, 1.165) is 18.6 Å². The second-order valence-electron chi connectivity index (χ2n) is 8.83. The highest BCUT2D eigenvalue weighted by molar-refractivity contribution is 5.87. The van der Waals surface area contributed by atoms with E-state index in [9.17, 15) is 28.0 Å². The first-order valence-electron chi connectivity index (χ1n) is 10.8. The summed E-state index contributed by atoms with van der Waals surface area (Å²) >= 11 is 0. The molecule has 4 rings (SSSR count). The first-order chi connectivity index (χ1) is 15.1. The summed E-state index contributed by atoms with van der Waals surface area (Å²) in [6.07, 6.45) is -2.47. The highest BCUT2D eigenvalue weighted by Crippen LogP contribution is 2.39. The van der Waals surface area contributed by atoms with Gasteiger partial charge in [0.05, 0.1) is 29.8 Å². The largest absolute Gasteiger partial charge is 0.416 e. The van der Waals surface area contributed by atoms with Crippen LogP contribution in [0.5, 0.6) is 0 Å². The van der Waals surface area contributed by atoms with Gasteiger partial charge >= 0.3 is 6.18 Å². The standard InChI is InChI=1S/C22H26F3N5O2/c1-13(14-4-2-5-15(8-14)22(23,24)25)30-17-9-19(21(30)32)28(11-17)12-18(27)20(31)29-7-3-6-16(29)10-26/h2,4-5,8,13,16-19H,3,6-7,9,11-12,27H2,1H3/t13-,16+,17+,18+,19+/m1/s1. The molecule has 3 fully saturated rings. The first kappa shape index (κ1) is 22.6. The highest BCUT2D eigenvalue weighted by Gasteiger charge is 2.51. The maximum absolute atomic E-state index is 13.1. The number of halogens is 3. The average Bonchev–Trinajstić information content (AvgIpc) is 3.46. The molecule has 2 bridgehead atoms. The Morgan fingerprint density at radius 1 is 1.38 bits per heavy atom. The lowest BCUT2D eigenvalue weighted by Crippen LogP contribution is -2.56. The molecule has 0 unspecified atom stereocenters. The number of carbonyl (C=O) groups excluding carboxylic acids is 2. The Bertz CT molecular complexity index is 946. The summed E-state index contributed by atoms with van der Waals surface area (Å²) in [4.78, 5) is 30.8. The number of hydrogen-bond acceptors (Lipinski definition) is 5. The van der Waals surface area contributed by atoms with Gasteiger partial charge in [0.15, 0.2) is 0 Å². The van der Waals surface area contributed by atoms with E-state index in [2.05, 4.69) is 6.07 Å². The minimum atomic E-state index is -4.44. The van der Waals surface area contributed by atoms with Crippen LogP contribution in [0, 0.1) is 11.3 Å². The van der Waals surface area contributed by atoms with Crippen molar-refractivity contribution in [1.29, 1.82) is 5.26 Å². The van der Waals surface area contributed by atoms with Crippen LogP contribution in [-0.4, -0.2) is 70.3 Å². The lowest BCUT2D eigenvalue weighted by atomic mass is 10.0. The molecule has 0 aromatic heterocycles. The van der Waals surface area contributed by atoms with Crippen molar-refractivity contribution < 1.29 is 22.8 Å². The zero-order valence-electron chi connectivity index (χ0n) is 17.8. The Balaban J connectivity index is 1.41. The maximum Gasteiger partial charge on any atom is 0.416 e. The number of hydrogen-bond donors (Lipinski definition) is 1. The number of rotatable bonds is 5. The van der Waals surface area contributed by atoms with Crippen LogP contribution in [0.4, 0.5) is 13.2 Å². The van der Waals surface area contributed by atoms with Crippen LogP contribution < -0.4 is 5.73 Å². The third kappa shape index (κ3) is 3.95. The molecule has 172 valence electrons. The molecule has 0 spiro atoms. The molecular weight excluding hydrogens is 423 g/mol. The second kappa shape index (κ2) is 8.37. The molecule has 0 radical (unpaired) electrons. The fraction of sp³-hybridized carbons (Fsp3) is 0.591. The average molecular weight is 449 g/mol. The lowest BCUT2D eigenvalue weighted by Gasteiger charge is -2.38. The summed E-state index contributed by atoms with van der Waals surface area (Å²) < 4.78 is 39.3. The van der Waals surface area contributed by atoms with Crippen molar-refractivity contribution in [2.24, 2.45) is 5.73 Å². The molecule has 2 N–H and O–H groups in total. The normalized spacial score (nSPS) is 27.6. The molecule has 2 amide bonds. The molecule has 0 aliphatic carbocycles. The van der Waals surface area contributed by atoms with Crippen LogP contribution in [0.25, 0.3) is 0 Å². The Hall–Kier alpha value is -2.64. The Morgan fingerprint density at radius 2 is 2.12 bits per heavy atom. The van der Waals surface area contributed by atoms with Crippen molar-refractivity contribution in [2.45, 2.75) is 62.6 Å². The minimum absolute atomic E-state index is 0.141. The molecule has 3 aliphatic rings. The summed E-state index contributed by atoms with van der Waals surface area (Å²) in [5.74, 6) is -0.430. The third-order valence-corrected chi connectivity index (χ3v) is 6.86. The second-order valence-corrected chi connectivity index (χ2v) is 8.83. The number of nitriles is 1. The molecule has 32 heavy (non-hydrogen) atoms. The van der Waals surface area contributed by atoms with Crippen LogP contribution in [0.3, 0.4) is 0 Å². The fourth-order valence-corrected chi connectivity index (χ4v) is 5.24. The van der Waals surface area contributed by atoms with E-state index in [0.29, 0.717) is 31.5 Å². The zero-order chi connectivity index (χ0) is 23.2. The van der Waals surface area contributed by atoms with Gasteiger partial charge in [-0.3, -0.25) is 14.5 Å². The molecule has 1 aromatic carbocycles. The molecular formula is C22H26F3N5O2. The number of benzene rings is 1. The number of nitrogens with two attached hydrogens (primary N) is 1. The molecule has 10 heteroatoms. The molecule has 3 heterocycles. The Labute approximate surface area is 184 Å². The molecule has 3 saturated heterocycles. The number of alkyl halides is 3. The number of fused-ring (bicyclic) bond motifs is 2. The quantitative estimate of drug-likeness (QED) is 0.741. The van der Waals surface area contributed by atoms with Crippen molar-refractivity contribution in [3.63, 3.8) is 0 Å². The van der Waals surface area contributed by atoms with Crippen molar-refractivity contribution in [3.05, 3.63) is 35.4 Å². The smallest absolute Gasteiger partial charge is 0.330 e. The topological polar surface area (TPSA) is 93.7 Å². The minimum Gasteiger partial charge on any atom is -0.330 e. The van der Waals surface area contributed by atoms with Crippen LogP contribution >= 0.6 is 0 Å². The van der Waals surface area contributed by atoms with Crippen molar-refractivity contribution in [3.8, 4) is 6.07 Å². The van der Waals surface area contributed by atoms with Gasteiger partial charge in [0.25, 0.3) is 0 Å². The van der Waals surface area contributed by atoms with E-state index in [-0.39, 0.29) is 24.4 Å². The van der Waals surface area contributed by atoms with Crippen LogP contribution in [0.15, 0.2) is 24.3 Å². The van der Waals surface area contributed by atoms with Crippen molar-refractivity contribution >= 4 is 11.8 Å². The van der Waals surface area contributed by atoms with Crippen LogP contribution in [0.1, 0.15) is 43.4 Å². The van der Waals surface area contributed by atoms with E-state index >= 15 is 0 Å². The van der Waals surface area contributed by atoms with Gasteiger partial charge in [-0.1, -0.05) is 12.1 Å². The van der Waals surface area contributed by atoms with Gasteiger partial charge in [0, 0.05) is 25.7 Å². The fourth-order valence-electron chi connectivity index (χ4n) is 5.24. The monoisotopic (exact) mass is 449 g/mol. The molecule has 3 aliphatic heterocycles.